The van der Waals surface area contributed by atoms with Crippen molar-refractivity contribution < 1.29 is 9.59 Å². The molecule has 2 aliphatic rings. The van der Waals surface area contributed by atoms with Crippen molar-refractivity contribution in [2.75, 3.05) is 0 Å². The van der Waals surface area contributed by atoms with Crippen LogP contribution in [0.3, 0.4) is 0 Å². The van der Waals surface area contributed by atoms with E-state index < -0.39 is 0 Å². The molecule has 0 saturated carbocycles. The second-order valence-corrected chi connectivity index (χ2v) is 4.24. The van der Waals surface area contributed by atoms with Crippen LogP contribution in [0.1, 0.15) is 19.4 Å². The van der Waals surface area contributed by atoms with Gasteiger partial charge in [-0.2, -0.15) is 0 Å². The van der Waals surface area contributed by atoms with Crippen LogP contribution in [-0.4, -0.2) is 11.6 Å². The molecular weight excluding hydrogens is 224 g/mol. The van der Waals surface area contributed by atoms with Gasteiger partial charge in [0.15, 0.2) is 11.6 Å². The largest absolute Gasteiger partial charge is 0.294 e. The van der Waals surface area contributed by atoms with E-state index in [1.807, 2.05) is 42.5 Å². The van der Waals surface area contributed by atoms with Gasteiger partial charge in [-0.1, -0.05) is 42.5 Å². The van der Waals surface area contributed by atoms with Gasteiger partial charge in [-0.25, -0.2) is 0 Å². The fourth-order valence-corrected chi connectivity index (χ4v) is 1.97. The number of carbonyl (C=O) groups excluding carboxylic acids is 2. The van der Waals surface area contributed by atoms with E-state index >= 15 is 0 Å². The van der Waals surface area contributed by atoms with Gasteiger partial charge in [-0.15, -0.1) is 0 Å². The van der Waals surface area contributed by atoms with Crippen LogP contribution in [0.4, 0.5) is 0 Å². The molecule has 2 nitrogen and oxygen atoms in total. The van der Waals surface area contributed by atoms with Gasteiger partial charge in [-0.3, -0.25) is 9.59 Å². The Kier molecular flexibility index (Phi) is 3.38. The molecule has 0 spiro atoms. The zero-order valence-corrected chi connectivity index (χ0v) is 10.4. The molecule has 0 fully saturated rings. The highest BCUT2D eigenvalue weighted by Gasteiger charge is 2.12. The van der Waals surface area contributed by atoms with E-state index in [2.05, 4.69) is 0 Å². The third-order valence-corrected chi connectivity index (χ3v) is 2.88. The summed E-state index contributed by atoms with van der Waals surface area (Å²) < 4.78 is 0. The fourth-order valence-electron chi connectivity index (χ4n) is 1.97. The third kappa shape index (κ3) is 2.38. The molecule has 0 unspecified atom stereocenters. The fraction of sp³-hybridized carbons (Fsp3) is 0.125. The highest BCUT2D eigenvalue weighted by molar-refractivity contribution is 6.22. The first kappa shape index (κ1) is 12.2. The SMILES string of the molecule is CC(=O)C(=Cc1ccc2cccccc1-2)C(C)=O. The lowest BCUT2D eigenvalue weighted by Gasteiger charge is -2.00. The number of allylic oxidation sites excluding steroid dienone is 1. The molecule has 0 aromatic carbocycles. The van der Waals surface area contributed by atoms with Crippen molar-refractivity contribution in [2.45, 2.75) is 13.8 Å². The summed E-state index contributed by atoms with van der Waals surface area (Å²) in [6, 6.07) is 13.8. The van der Waals surface area contributed by atoms with Crippen LogP contribution < -0.4 is 0 Å². The predicted molar refractivity (Wildman–Crippen MR) is 72.4 cm³/mol. The normalized spacial score (nSPS) is 10.1. The molecule has 2 rings (SSSR count). The molecule has 0 N–H and O–H groups in total. The van der Waals surface area contributed by atoms with Gasteiger partial charge in [-0.05, 0) is 36.6 Å². The van der Waals surface area contributed by atoms with Gasteiger partial charge in [0, 0.05) is 0 Å². The number of carbonyl (C=O) groups is 2. The topological polar surface area (TPSA) is 34.1 Å². The maximum Gasteiger partial charge on any atom is 0.163 e. The minimum Gasteiger partial charge on any atom is -0.294 e. The van der Waals surface area contributed by atoms with Crippen molar-refractivity contribution in [1.82, 2.24) is 0 Å². The quantitative estimate of drug-likeness (QED) is 0.467. The van der Waals surface area contributed by atoms with Crippen molar-refractivity contribution in [2.24, 2.45) is 0 Å². The average molecular weight is 238 g/mol. The molecule has 90 valence electrons. The van der Waals surface area contributed by atoms with E-state index in [0.29, 0.717) is 0 Å². The van der Waals surface area contributed by atoms with Crippen molar-refractivity contribution >= 4 is 17.6 Å². The van der Waals surface area contributed by atoms with Gasteiger partial charge in [0.05, 0.1) is 5.57 Å². The summed E-state index contributed by atoms with van der Waals surface area (Å²) in [7, 11) is 0. The Morgan fingerprint density at radius 1 is 0.889 bits per heavy atom. The third-order valence-electron chi connectivity index (χ3n) is 2.88. The van der Waals surface area contributed by atoms with Gasteiger partial charge in [0.2, 0.25) is 0 Å². The second-order valence-electron chi connectivity index (χ2n) is 4.24. The number of Topliss-reactive ketones (excluding diaryl/α,β-unsaturated/α-hetero) is 2. The van der Waals surface area contributed by atoms with E-state index in [1.54, 1.807) is 6.08 Å². The molecule has 0 amide bonds. The Morgan fingerprint density at radius 2 is 1.56 bits per heavy atom. The van der Waals surface area contributed by atoms with Crippen molar-refractivity contribution in [1.29, 1.82) is 0 Å². The lowest BCUT2D eigenvalue weighted by molar-refractivity contribution is -0.119. The Hall–Kier alpha value is -2.22. The Balaban J connectivity index is 2.55. The van der Waals surface area contributed by atoms with E-state index in [-0.39, 0.29) is 17.1 Å². The number of hydrogen-bond acceptors (Lipinski definition) is 2. The summed E-state index contributed by atoms with van der Waals surface area (Å²) in [6.45, 7) is 2.83. The van der Waals surface area contributed by atoms with Crippen molar-refractivity contribution in [3.8, 4) is 11.1 Å². The second kappa shape index (κ2) is 4.96. The Labute approximate surface area is 106 Å². The van der Waals surface area contributed by atoms with Crippen LogP contribution in [0.25, 0.3) is 17.2 Å². The van der Waals surface area contributed by atoms with E-state index in [4.69, 9.17) is 0 Å². The summed E-state index contributed by atoms with van der Waals surface area (Å²) in [5, 5.41) is 0. The number of ketones is 2. The van der Waals surface area contributed by atoms with E-state index in [9.17, 15) is 9.59 Å². The first-order valence-electron chi connectivity index (χ1n) is 5.81. The minimum atomic E-state index is -0.197. The molecule has 18 heavy (non-hydrogen) atoms. The van der Waals surface area contributed by atoms with Crippen molar-refractivity contribution in [3.05, 3.63) is 53.6 Å². The summed E-state index contributed by atoms with van der Waals surface area (Å²) in [5.74, 6) is -0.394. The maximum atomic E-state index is 11.4. The molecule has 0 aliphatic heterocycles. The number of rotatable bonds is 3. The first-order chi connectivity index (χ1) is 8.59. The zero-order valence-electron chi connectivity index (χ0n) is 10.4. The van der Waals surface area contributed by atoms with Crippen LogP contribution in [0, 0.1) is 0 Å². The highest BCUT2D eigenvalue weighted by atomic mass is 16.1. The van der Waals surface area contributed by atoms with Gasteiger partial charge in [0.25, 0.3) is 0 Å². The zero-order chi connectivity index (χ0) is 13.1. The van der Waals surface area contributed by atoms with Crippen LogP contribution >= 0.6 is 0 Å². The summed E-state index contributed by atoms with van der Waals surface area (Å²) in [6.07, 6.45) is 1.67. The number of hydrogen-bond donors (Lipinski definition) is 0. The minimum absolute atomic E-state index is 0.197. The van der Waals surface area contributed by atoms with Crippen LogP contribution in [0.5, 0.6) is 0 Å². The van der Waals surface area contributed by atoms with Crippen LogP contribution in [0.2, 0.25) is 0 Å². The molecule has 0 saturated heterocycles. The van der Waals surface area contributed by atoms with Crippen LogP contribution in [-0.2, 0) is 9.59 Å². The lowest BCUT2D eigenvalue weighted by atomic mass is 10.0. The summed E-state index contributed by atoms with van der Waals surface area (Å²) in [5.41, 5.74) is 3.29. The molecule has 0 aromatic rings. The lowest BCUT2D eigenvalue weighted by Crippen LogP contribution is -2.05. The van der Waals surface area contributed by atoms with Crippen molar-refractivity contribution in [3.63, 3.8) is 0 Å². The molecular formula is C16H14O2. The van der Waals surface area contributed by atoms with Gasteiger partial charge >= 0.3 is 0 Å². The number of fused-ring (bicyclic) bond motifs is 1. The molecule has 0 aromatic heterocycles. The molecule has 2 aliphatic carbocycles. The standard InChI is InChI=1S/C16H14O2/c1-11(17)16(12(2)18)10-14-9-8-13-6-4-3-5-7-15(13)14/h3-10H,1-2H3. The van der Waals surface area contributed by atoms with E-state index in [0.717, 1.165) is 16.7 Å². The molecule has 0 radical (unpaired) electrons. The van der Waals surface area contributed by atoms with Gasteiger partial charge in [0.1, 0.15) is 0 Å². The first-order valence-corrected chi connectivity index (χ1v) is 5.81. The highest BCUT2D eigenvalue weighted by Crippen LogP contribution is 2.28. The summed E-state index contributed by atoms with van der Waals surface area (Å²) >= 11 is 0. The van der Waals surface area contributed by atoms with Gasteiger partial charge < -0.3 is 0 Å². The smallest absolute Gasteiger partial charge is 0.163 e. The molecule has 0 bridgehead atoms. The Bertz CT molecular complexity index is 592. The Morgan fingerprint density at radius 3 is 2.22 bits per heavy atom. The maximum absolute atomic E-state index is 11.4. The molecule has 0 atom stereocenters. The average Bonchev–Trinajstić information content (AvgIpc) is 2.54. The molecule has 2 heteroatoms. The summed E-state index contributed by atoms with van der Waals surface area (Å²) in [4.78, 5) is 22.8. The van der Waals surface area contributed by atoms with E-state index in [1.165, 1.54) is 13.8 Å². The molecule has 0 heterocycles. The van der Waals surface area contributed by atoms with Crippen LogP contribution in [0.15, 0.2) is 48.0 Å². The predicted octanol–water partition coefficient (Wildman–Crippen LogP) is 3.35. The monoisotopic (exact) mass is 238 g/mol.